The standard InChI is InChI=1S/C13H12Br2ClN3/c14-8-2-4-12(16)11(5-8)13(19-17)6-10-3-1-9(15)7-18-10/h1-5,7,13,19H,6,17H2. The Morgan fingerprint density at radius 3 is 2.58 bits per heavy atom. The number of aromatic nitrogens is 1. The van der Waals surface area contributed by atoms with Gasteiger partial charge in [-0.15, -0.1) is 0 Å². The van der Waals surface area contributed by atoms with E-state index in [1.807, 2.05) is 30.3 Å². The molecule has 0 aliphatic rings. The average Bonchev–Trinajstić information content (AvgIpc) is 2.41. The van der Waals surface area contributed by atoms with Crippen molar-refractivity contribution in [2.45, 2.75) is 12.5 Å². The van der Waals surface area contributed by atoms with Crippen LogP contribution in [-0.2, 0) is 6.42 Å². The predicted molar refractivity (Wildman–Crippen MR) is 84.9 cm³/mol. The summed E-state index contributed by atoms with van der Waals surface area (Å²) in [7, 11) is 0. The molecule has 0 aliphatic heterocycles. The highest BCUT2D eigenvalue weighted by atomic mass is 79.9. The number of nitrogens with two attached hydrogens (primary N) is 1. The van der Waals surface area contributed by atoms with Gasteiger partial charge >= 0.3 is 0 Å². The molecule has 19 heavy (non-hydrogen) atoms. The maximum absolute atomic E-state index is 6.22. The third kappa shape index (κ3) is 4.00. The van der Waals surface area contributed by atoms with Crippen LogP contribution >= 0.6 is 43.5 Å². The van der Waals surface area contributed by atoms with Crippen molar-refractivity contribution in [2.75, 3.05) is 0 Å². The fraction of sp³-hybridized carbons (Fsp3) is 0.154. The van der Waals surface area contributed by atoms with Gasteiger partial charge in [0, 0.05) is 32.3 Å². The number of benzene rings is 1. The molecule has 0 bridgehead atoms. The van der Waals surface area contributed by atoms with Gasteiger partial charge in [-0.2, -0.15) is 0 Å². The minimum atomic E-state index is -0.0846. The second-order valence-corrected chi connectivity index (χ2v) is 6.30. The van der Waals surface area contributed by atoms with Crippen molar-refractivity contribution >= 4 is 43.5 Å². The zero-order chi connectivity index (χ0) is 13.8. The molecular weight excluding hydrogens is 393 g/mol. The van der Waals surface area contributed by atoms with E-state index in [0.29, 0.717) is 11.4 Å². The summed E-state index contributed by atoms with van der Waals surface area (Å²) in [6.45, 7) is 0. The van der Waals surface area contributed by atoms with Crippen molar-refractivity contribution in [3.05, 3.63) is 61.8 Å². The van der Waals surface area contributed by atoms with Crippen molar-refractivity contribution in [1.82, 2.24) is 10.4 Å². The lowest BCUT2D eigenvalue weighted by molar-refractivity contribution is 0.546. The first-order valence-electron chi connectivity index (χ1n) is 5.61. The maximum Gasteiger partial charge on any atom is 0.0530 e. The van der Waals surface area contributed by atoms with E-state index >= 15 is 0 Å². The van der Waals surface area contributed by atoms with Crippen LogP contribution in [0, 0.1) is 0 Å². The summed E-state index contributed by atoms with van der Waals surface area (Å²) in [6.07, 6.45) is 2.44. The molecule has 0 saturated heterocycles. The van der Waals surface area contributed by atoms with Gasteiger partial charge < -0.3 is 0 Å². The van der Waals surface area contributed by atoms with Gasteiger partial charge in [0.1, 0.15) is 0 Å². The molecule has 0 aliphatic carbocycles. The van der Waals surface area contributed by atoms with E-state index < -0.39 is 0 Å². The van der Waals surface area contributed by atoms with Crippen LogP contribution in [0.1, 0.15) is 17.3 Å². The molecule has 1 unspecified atom stereocenters. The minimum Gasteiger partial charge on any atom is -0.271 e. The third-order valence-corrected chi connectivity index (χ3v) is 4.04. The Balaban J connectivity index is 2.24. The van der Waals surface area contributed by atoms with Gasteiger partial charge in [-0.1, -0.05) is 27.5 Å². The van der Waals surface area contributed by atoms with Gasteiger partial charge in [-0.3, -0.25) is 16.3 Å². The summed E-state index contributed by atoms with van der Waals surface area (Å²) in [5.41, 5.74) is 4.69. The number of hydrogen-bond donors (Lipinski definition) is 2. The van der Waals surface area contributed by atoms with Crippen LogP contribution < -0.4 is 11.3 Å². The molecule has 0 amide bonds. The zero-order valence-corrected chi connectivity index (χ0v) is 13.8. The van der Waals surface area contributed by atoms with E-state index in [4.69, 9.17) is 17.4 Å². The average molecular weight is 406 g/mol. The number of hydrogen-bond acceptors (Lipinski definition) is 3. The first-order chi connectivity index (χ1) is 9.10. The molecule has 2 rings (SSSR count). The molecule has 3 nitrogen and oxygen atoms in total. The molecule has 1 atom stereocenters. The van der Waals surface area contributed by atoms with Crippen molar-refractivity contribution in [3.63, 3.8) is 0 Å². The SMILES string of the molecule is NNC(Cc1ccc(Br)cn1)c1cc(Br)ccc1Cl. The van der Waals surface area contributed by atoms with Gasteiger partial charge in [0.25, 0.3) is 0 Å². The first kappa shape index (κ1) is 14.9. The van der Waals surface area contributed by atoms with E-state index in [0.717, 1.165) is 20.2 Å². The molecule has 0 saturated carbocycles. The normalized spacial score (nSPS) is 12.4. The Kier molecular flexibility index (Phi) is 5.36. The Morgan fingerprint density at radius 1 is 1.21 bits per heavy atom. The molecule has 0 radical (unpaired) electrons. The molecule has 1 aromatic carbocycles. The zero-order valence-electron chi connectivity index (χ0n) is 9.91. The van der Waals surface area contributed by atoms with E-state index in [1.165, 1.54) is 0 Å². The Labute approximate surface area is 133 Å². The molecular formula is C13H12Br2ClN3. The van der Waals surface area contributed by atoms with Crippen LogP contribution in [0.2, 0.25) is 5.02 Å². The smallest absolute Gasteiger partial charge is 0.0530 e. The molecule has 3 N–H and O–H groups in total. The molecule has 1 heterocycles. The lowest BCUT2D eigenvalue weighted by Gasteiger charge is -2.17. The molecule has 6 heteroatoms. The Hall–Kier alpha value is -0.460. The highest BCUT2D eigenvalue weighted by molar-refractivity contribution is 9.10. The molecule has 100 valence electrons. The van der Waals surface area contributed by atoms with Crippen LogP contribution in [0.25, 0.3) is 0 Å². The third-order valence-electron chi connectivity index (χ3n) is 2.74. The van der Waals surface area contributed by atoms with Crippen LogP contribution in [-0.4, -0.2) is 4.98 Å². The van der Waals surface area contributed by atoms with E-state index in [1.54, 1.807) is 6.20 Å². The highest BCUT2D eigenvalue weighted by Gasteiger charge is 2.15. The van der Waals surface area contributed by atoms with Gasteiger partial charge in [-0.25, -0.2) is 0 Å². The monoisotopic (exact) mass is 403 g/mol. The summed E-state index contributed by atoms with van der Waals surface area (Å²) < 4.78 is 1.92. The van der Waals surface area contributed by atoms with Crippen molar-refractivity contribution in [2.24, 2.45) is 5.84 Å². The van der Waals surface area contributed by atoms with Crippen molar-refractivity contribution in [3.8, 4) is 0 Å². The second-order valence-electron chi connectivity index (χ2n) is 4.06. The van der Waals surface area contributed by atoms with Crippen LogP contribution in [0.3, 0.4) is 0 Å². The number of rotatable bonds is 4. The van der Waals surface area contributed by atoms with Crippen molar-refractivity contribution in [1.29, 1.82) is 0 Å². The van der Waals surface area contributed by atoms with E-state index in [9.17, 15) is 0 Å². The lowest BCUT2D eigenvalue weighted by Crippen LogP contribution is -2.30. The molecule has 0 fully saturated rings. The second kappa shape index (κ2) is 6.81. The highest BCUT2D eigenvalue weighted by Crippen LogP contribution is 2.28. The predicted octanol–water partition coefficient (Wildman–Crippen LogP) is 4.01. The van der Waals surface area contributed by atoms with E-state index in [2.05, 4.69) is 42.3 Å². The van der Waals surface area contributed by atoms with Gasteiger partial charge in [0.05, 0.1) is 6.04 Å². The summed E-state index contributed by atoms with van der Waals surface area (Å²) >= 11 is 13.0. The fourth-order valence-electron chi connectivity index (χ4n) is 1.78. The number of nitrogens with zero attached hydrogens (tertiary/aromatic N) is 1. The lowest BCUT2D eigenvalue weighted by atomic mass is 10.0. The minimum absolute atomic E-state index is 0.0846. The Bertz CT molecular complexity index is 560. The first-order valence-corrected chi connectivity index (χ1v) is 7.58. The molecule has 2 aromatic rings. The van der Waals surface area contributed by atoms with Gasteiger partial charge in [0.15, 0.2) is 0 Å². The van der Waals surface area contributed by atoms with Gasteiger partial charge in [-0.05, 0) is 51.8 Å². The number of hydrazine groups is 1. The largest absolute Gasteiger partial charge is 0.271 e. The maximum atomic E-state index is 6.22. The number of pyridine rings is 1. The quantitative estimate of drug-likeness (QED) is 0.597. The summed E-state index contributed by atoms with van der Waals surface area (Å²) in [5.74, 6) is 5.64. The summed E-state index contributed by atoms with van der Waals surface area (Å²) in [6, 6.07) is 9.54. The van der Waals surface area contributed by atoms with E-state index in [-0.39, 0.29) is 6.04 Å². The Morgan fingerprint density at radius 2 is 1.95 bits per heavy atom. The van der Waals surface area contributed by atoms with Crippen LogP contribution in [0.15, 0.2) is 45.5 Å². The molecule has 0 spiro atoms. The summed E-state index contributed by atoms with van der Waals surface area (Å²) in [5, 5.41) is 0.684. The summed E-state index contributed by atoms with van der Waals surface area (Å²) in [4.78, 5) is 4.35. The van der Waals surface area contributed by atoms with Crippen LogP contribution in [0.4, 0.5) is 0 Å². The van der Waals surface area contributed by atoms with Crippen molar-refractivity contribution < 1.29 is 0 Å². The van der Waals surface area contributed by atoms with Gasteiger partial charge in [0.2, 0.25) is 0 Å². The number of halogens is 3. The van der Waals surface area contributed by atoms with Crippen LogP contribution in [0.5, 0.6) is 0 Å². The number of nitrogens with one attached hydrogen (secondary N) is 1. The fourth-order valence-corrected chi connectivity index (χ4v) is 2.64. The molecule has 1 aromatic heterocycles. The topological polar surface area (TPSA) is 50.9 Å².